The van der Waals surface area contributed by atoms with Crippen LogP contribution in [0.1, 0.15) is 11.1 Å². The van der Waals surface area contributed by atoms with E-state index >= 15 is 0 Å². The molecule has 0 atom stereocenters. The third-order valence-corrected chi connectivity index (χ3v) is 6.13. The Morgan fingerprint density at radius 3 is 2.42 bits per heavy atom. The standard InChI is InChI=1S/C16H12ClN5O2S2/c17-13-5-1-12(2-6-13)10-25-16-20-15(19)22(21-16)26(23,24)14-7-3-11(9-18)4-8-14/h1-8H,10H2,(H2,19,20,21). The Labute approximate surface area is 159 Å². The van der Waals surface area contributed by atoms with Crippen molar-refractivity contribution in [2.24, 2.45) is 0 Å². The zero-order valence-corrected chi connectivity index (χ0v) is 15.6. The van der Waals surface area contributed by atoms with Gasteiger partial charge in [-0.3, -0.25) is 0 Å². The molecule has 0 bridgehead atoms. The Bertz CT molecular complexity index is 1070. The topological polar surface area (TPSA) is 115 Å². The molecule has 0 aliphatic heterocycles. The second-order valence-corrected chi connectivity index (χ2v) is 8.30. The molecule has 0 saturated heterocycles. The summed E-state index contributed by atoms with van der Waals surface area (Å²) < 4.78 is 26.0. The van der Waals surface area contributed by atoms with E-state index < -0.39 is 10.0 Å². The number of thioether (sulfide) groups is 1. The molecule has 2 N–H and O–H groups in total. The molecule has 0 aliphatic rings. The lowest BCUT2D eigenvalue weighted by Gasteiger charge is -2.04. The summed E-state index contributed by atoms with van der Waals surface area (Å²) in [4.78, 5) is 3.98. The van der Waals surface area contributed by atoms with E-state index in [1.807, 2.05) is 18.2 Å². The van der Waals surface area contributed by atoms with Crippen molar-refractivity contribution in [3.63, 3.8) is 0 Å². The normalized spacial score (nSPS) is 11.2. The lowest BCUT2D eigenvalue weighted by atomic mass is 10.2. The molecule has 26 heavy (non-hydrogen) atoms. The monoisotopic (exact) mass is 405 g/mol. The van der Waals surface area contributed by atoms with Crippen molar-refractivity contribution in [3.8, 4) is 6.07 Å². The van der Waals surface area contributed by atoms with Gasteiger partial charge in [0, 0.05) is 10.8 Å². The smallest absolute Gasteiger partial charge is 0.286 e. The van der Waals surface area contributed by atoms with Crippen molar-refractivity contribution in [2.45, 2.75) is 15.8 Å². The number of nitrogens with zero attached hydrogens (tertiary/aromatic N) is 4. The first-order chi connectivity index (χ1) is 12.4. The first-order valence-electron chi connectivity index (χ1n) is 7.25. The van der Waals surface area contributed by atoms with Crippen LogP contribution < -0.4 is 5.73 Å². The predicted molar refractivity (Wildman–Crippen MR) is 99.2 cm³/mol. The van der Waals surface area contributed by atoms with Crippen LogP contribution in [0.5, 0.6) is 0 Å². The molecule has 2 aromatic carbocycles. The Morgan fingerprint density at radius 2 is 1.81 bits per heavy atom. The van der Waals surface area contributed by atoms with Crippen LogP contribution in [0.4, 0.5) is 5.95 Å². The Kier molecular flexibility index (Phi) is 5.18. The molecule has 0 aliphatic carbocycles. The highest BCUT2D eigenvalue weighted by molar-refractivity contribution is 7.98. The van der Waals surface area contributed by atoms with E-state index in [0.717, 1.165) is 5.56 Å². The largest absolute Gasteiger partial charge is 0.367 e. The van der Waals surface area contributed by atoms with Crippen LogP contribution in [0, 0.1) is 11.3 Å². The van der Waals surface area contributed by atoms with Crippen molar-refractivity contribution < 1.29 is 8.42 Å². The van der Waals surface area contributed by atoms with Crippen LogP contribution in [0.25, 0.3) is 0 Å². The van der Waals surface area contributed by atoms with Crippen LogP contribution in [0.2, 0.25) is 5.02 Å². The lowest BCUT2D eigenvalue weighted by molar-refractivity contribution is 0.579. The van der Waals surface area contributed by atoms with Gasteiger partial charge in [-0.15, -0.1) is 9.19 Å². The average Bonchev–Trinajstić information content (AvgIpc) is 3.03. The molecule has 1 aromatic heterocycles. The van der Waals surface area contributed by atoms with Gasteiger partial charge in [0.2, 0.25) is 11.1 Å². The fraction of sp³-hybridized carbons (Fsp3) is 0.0625. The third kappa shape index (κ3) is 3.83. The molecule has 0 saturated carbocycles. The number of nitrogens with two attached hydrogens (primary N) is 1. The highest BCUT2D eigenvalue weighted by Gasteiger charge is 2.23. The van der Waals surface area contributed by atoms with Gasteiger partial charge in [-0.1, -0.05) is 35.5 Å². The molecular formula is C16H12ClN5O2S2. The van der Waals surface area contributed by atoms with Crippen molar-refractivity contribution in [1.29, 1.82) is 5.26 Å². The maximum absolute atomic E-state index is 12.7. The minimum Gasteiger partial charge on any atom is -0.367 e. The molecule has 0 spiro atoms. The van der Waals surface area contributed by atoms with E-state index in [4.69, 9.17) is 22.6 Å². The van der Waals surface area contributed by atoms with Gasteiger partial charge in [-0.2, -0.15) is 18.7 Å². The molecule has 0 fully saturated rings. The van der Waals surface area contributed by atoms with Crippen LogP contribution in [0.3, 0.4) is 0 Å². The zero-order valence-electron chi connectivity index (χ0n) is 13.2. The lowest BCUT2D eigenvalue weighted by Crippen LogP contribution is -2.17. The summed E-state index contributed by atoms with van der Waals surface area (Å²) in [5.41, 5.74) is 7.08. The minimum atomic E-state index is -3.98. The average molecular weight is 406 g/mol. The fourth-order valence-electron chi connectivity index (χ4n) is 2.06. The summed E-state index contributed by atoms with van der Waals surface area (Å²) in [5, 5.41) is 13.7. The summed E-state index contributed by atoms with van der Waals surface area (Å²) in [6.07, 6.45) is 0. The van der Waals surface area contributed by atoms with Crippen molar-refractivity contribution in [3.05, 3.63) is 64.7 Å². The van der Waals surface area contributed by atoms with Gasteiger partial charge in [0.05, 0.1) is 16.5 Å². The molecule has 132 valence electrons. The number of hydrogen-bond donors (Lipinski definition) is 1. The number of nitriles is 1. The number of hydrogen-bond acceptors (Lipinski definition) is 7. The SMILES string of the molecule is N#Cc1ccc(S(=O)(=O)n2nc(SCc3ccc(Cl)cc3)nc2N)cc1. The van der Waals surface area contributed by atoms with Gasteiger partial charge < -0.3 is 5.73 Å². The first-order valence-corrected chi connectivity index (χ1v) is 10.1. The molecule has 1 heterocycles. The maximum atomic E-state index is 12.7. The number of rotatable bonds is 5. The maximum Gasteiger partial charge on any atom is 0.286 e. The van der Waals surface area contributed by atoms with Crippen LogP contribution in [-0.2, 0) is 15.8 Å². The third-order valence-electron chi connectivity index (χ3n) is 3.37. The van der Waals surface area contributed by atoms with Crippen LogP contribution in [0.15, 0.2) is 58.6 Å². The summed E-state index contributed by atoms with van der Waals surface area (Å²) in [6, 6.07) is 14.7. The van der Waals surface area contributed by atoms with Gasteiger partial charge in [-0.05, 0) is 42.0 Å². The van der Waals surface area contributed by atoms with Crippen LogP contribution in [-0.4, -0.2) is 22.6 Å². The van der Waals surface area contributed by atoms with E-state index in [0.29, 0.717) is 20.4 Å². The Hall–Kier alpha value is -2.54. The van der Waals surface area contributed by atoms with E-state index in [2.05, 4.69) is 10.1 Å². The summed E-state index contributed by atoms with van der Waals surface area (Å²) in [5.74, 6) is 0.310. The van der Waals surface area contributed by atoms with Crippen molar-refractivity contribution >= 4 is 39.3 Å². The van der Waals surface area contributed by atoms with Gasteiger partial charge in [-0.25, -0.2) is 0 Å². The van der Waals surface area contributed by atoms with Gasteiger partial charge in [0.25, 0.3) is 10.0 Å². The minimum absolute atomic E-state index is 0.0256. The van der Waals surface area contributed by atoms with E-state index in [1.54, 1.807) is 12.1 Å². The first kappa shape index (κ1) is 18.3. The van der Waals surface area contributed by atoms with Gasteiger partial charge in [0.1, 0.15) is 0 Å². The van der Waals surface area contributed by atoms with E-state index in [-0.39, 0.29) is 16.0 Å². The van der Waals surface area contributed by atoms with Crippen LogP contribution >= 0.6 is 23.4 Å². The highest BCUT2D eigenvalue weighted by atomic mass is 35.5. The molecule has 0 unspecified atom stereocenters. The van der Waals surface area contributed by atoms with E-state index in [9.17, 15) is 8.42 Å². The summed E-state index contributed by atoms with van der Waals surface area (Å²) in [6.45, 7) is 0. The number of anilines is 1. The molecule has 0 radical (unpaired) electrons. The number of benzene rings is 2. The number of nitrogen functional groups attached to an aromatic ring is 1. The van der Waals surface area contributed by atoms with Gasteiger partial charge >= 0.3 is 0 Å². The highest BCUT2D eigenvalue weighted by Crippen LogP contribution is 2.24. The Balaban J connectivity index is 1.82. The second-order valence-electron chi connectivity index (χ2n) is 5.15. The number of halogens is 1. The van der Waals surface area contributed by atoms with Gasteiger partial charge in [0.15, 0.2) is 0 Å². The predicted octanol–water partition coefficient (Wildman–Crippen LogP) is 2.91. The van der Waals surface area contributed by atoms with Crippen molar-refractivity contribution in [2.75, 3.05) is 5.73 Å². The molecule has 0 amide bonds. The molecular weight excluding hydrogens is 394 g/mol. The molecule has 3 rings (SSSR count). The number of aromatic nitrogens is 3. The second kappa shape index (κ2) is 7.37. The fourth-order valence-corrected chi connectivity index (χ4v) is 4.17. The summed E-state index contributed by atoms with van der Waals surface area (Å²) in [7, 11) is -3.98. The quantitative estimate of drug-likeness (QED) is 0.649. The summed E-state index contributed by atoms with van der Waals surface area (Å²) >= 11 is 7.10. The Morgan fingerprint density at radius 1 is 1.15 bits per heavy atom. The van der Waals surface area contributed by atoms with E-state index in [1.165, 1.54) is 36.0 Å². The molecule has 7 nitrogen and oxygen atoms in total. The zero-order chi connectivity index (χ0) is 18.7. The molecule has 3 aromatic rings. The molecule has 10 heteroatoms. The van der Waals surface area contributed by atoms with Crippen molar-refractivity contribution in [1.82, 2.24) is 14.2 Å².